The molecule has 0 bridgehead atoms. The van der Waals surface area contributed by atoms with Gasteiger partial charge in [0.05, 0.1) is 13.7 Å². The van der Waals surface area contributed by atoms with Gasteiger partial charge >= 0.3 is 0 Å². The number of carbonyl (C=O) groups excluding carboxylic acids is 2. The molecule has 2 aromatic carbocycles. The summed E-state index contributed by atoms with van der Waals surface area (Å²) in [7, 11) is 1.60. The van der Waals surface area contributed by atoms with Gasteiger partial charge in [-0.2, -0.15) is 0 Å². The van der Waals surface area contributed by atoms with Crippen molar-refractivity contribution >= 4 is 23.2 Å². The molecule has 1 heterocycles. The zero-order chi connectivity index (χ0) is 19.9. The Bertz CT molecular complexity index is 803. The van der Waals surface area contributed by atoms with Crippen LogP contribution in [-0.4, -0.2) is 43.5 Å². The number of hydrogen-bond donors (Lipinski definition) is 2. The Kier molecular flexibility index (Phi) is 6.53. The van der Waals surface area contributed by atoms with Gasteiger partial charge in [-0.3, -0.25) is 9.59 Å². The lowest BCUT2D eigenvalue weighted by Gasteiger charge is -2.31. The van der Waals surface area contributed by atoms with Crippen LogP contribution >= 0.6 is 0 Å². The number of methoxy groups -OCH3 is 1. The summed E-state index contributed by atoms with van der Waals surface area (Å²) >= 11 is 0. The highest BCUT2D eigenvalue weighted by atomic mass is 16.5. The maximum atomic E-state index is 12.4. The molecular formula is C22H27N3O3. The molecule has 0 aliphatic carbocycles. The Labute approximate surface area is 165 Å². The van der Waals surface area contributed by atoms with E-state index in [1.807, 2.05) is 17.0 Å². The van der Waals surface area contributed by atoms with Gasteiger partial charge in [0.2, 0.25) is 5.91 Å². The minimum atomic E-state index is -0.185. The largest absolute Gasteiger partial charge is 0.497 e. The van der Waals surface area contributed by atoms with Crippen LogP contribution in [0.5, 0.6) is 5.75 Å². The first kappa shape index (κ1) is 19.7. The summed E-state index contributed by atoms with van der Waals surface area (Å²) in [5, 5.41) is 6.00. The number of ether oxygens (including phenoxy) is 1. The summed E-state index contributed by atoms with van der Waals surface area (Å²) in [6.45, 7) is 4.13. The molecular weight excluding hydrogens is 354 g/mol. The van der Waals surface area contributed by atoms with Crippen LogP contribution in [0.1, 0.15) is 30.1 Å². The fourth-order valence-electron chi connectivity index (χ4n) is 3.32. The van der Waals surface area contributed by atoms with Crippen molar-refractivity contribution in [1.82, 2.24) is 4.90 Å². The van der Waals surface area contributed by atoms with Crippen LogP contribution in [0, 0.1) is 5.92 Å². The van der Waals surface area contributed by atoms with Crippen molar-refractivity contribution in [3.05, 3.63) is 54.1 Å². The highest BCUT2D eigenvalue weighted by molar-refractivity contribution is 6.04. The van der Waals surface area contributed by atoms with Gasteiger partial charge in [-0.25, -0.2) is 0 Å². The van der Waals surface area contributed by atoms with E-state index < -0.39 is 0 Å². The maximum absolute atomic E-state index is 12.4. The van der Waals surface area contributed by atoms with E-state index >= 15 is 0 Å². The fourth-order valence-corrected chi connectivity index (χ4v) is 3.32. The number of likely N-dealkylation sites (tertiary alicyclic amines) is 1. The van der Waals surface area contributed by atoms with Gasteiger partial charge in [-0.05, 0) is 67.3 Å². The Morgan fingerprint density at radius 3 is 2.39 bits per heavy atom. The lowest BCUT2D eigenvalue weighted by molar-refractivity contribution is -0.130. The molecule has 6 heteroatoms. The molecule has 0 spiro atoms. The number of hydrogen-bond acceptors (Lipinski definition) is 4. The highest BCUT2D eigenvalue weighted by Gasteiger charge is 2.20. The Hall–Kier alpha value is -3.02. The monoisotopic (exact) mass is 381 g/mol. The van der Waals surface area contributed by atoms with Gasteiger partial charge in [-0.1, -0.05) is 6.92 Å². The Balaban J connectivity index is 1.51. The molecule has 3 rings (SSSR count). The smallest absolute Gasteiger partial charge is 0.255 e. The number of benzene rings is 2. The molecule has 1 saturated heterocycles. The third-order valence-corrected chi connectivity index (χ3v) is 4.95. The average molecular weight is 381 g/mol. The Morgan fingerprint density at radius 2 is 1.75 bits per heavy atom. The zero-order valence-electron chi connectivity index (χ0n) is 16.4. The molecule has 0 aromatic heterocycles. The summed E-state index contributed by atoms with van der Waals surface area (Å²) in [5.74, 6) is 1.24. The highest BCUT2D eigenvalue weighted by Crippen LogP contribution is 2.18. The number of nitrogens with zero attached hydrogens (tertiary/aromatic N) is 1. The molecule has 28 heavy (non-hydrogen) atoms. The number of piperidine rings is 1. The van der Waals surface area contributed by atoms with E-state index in [9.17, 15) is 9.59 Å². The lowest BCUT2D eigenvalue weighted by atomic mass is 10.0. The van der Waals surface area contributed by atoms with Crippen molar-refractivity contribution in [2.24, 2.45) is 5.92 Å². The first-order valence-electron chi connectivity index (χ1n) is 9.62. The van der Waals surface area contributed by atoms with Crippen molar-refractivity contribution in [2.45, 2.75) is 19.8 Å². The zero-order valence-corrected chi connectivity index (χ0v) is 16.4. The summed E-state index contributed by atoms with van der Waals surface area (Å²) in [6.07, 6.45) is 2.27. The molecule has 1 aliphatic heterocycles. The van der Waals surface area contributed by atoms with Crippen LogP contribution in [0.25, 0.3) is 0 Å². The molecule has 1 atom stereocenters. The van der Waals surface area contributed by atoms with Gasteiger partial charge in [0.25, 0.3) is 5.91 Å². The molecule has 2 amide bonds. The number of amides is 2. The summed E-state index contributed by atoms with van der Waals surface area (Å²) in [4.78, 5) is 26.6. The average Bonchev–Trinajstić information content (AvgIpc) is 2.73. The molecule has 0 saturated carbocycles. The van der Waals surface area contributed by atoms with Crippen LogP contribution in [-0.2, 0) is 4.79 Å². The molecule has 148 valence electrons. The van der Waals surface area contributed by atoms with Crippen molar-refractivity contribution in [3.8, 4) is 5.75 Å². The standard InChI is InChI=1S/C22H27N3O3/c1-16-4-3-13-25(15-16)21(26)14-23-18-7-5-17(6-8-18)22(27)24-19-9-11-20(28-2)12-10-19/h5-12,16,23H,3-4,13-15H2,1-2H3,(H,24,27). The molecule has 1 fully saturated rings. The van der Waals surface area contributed by atoms with Crippen molar-refractivity contribution in [1.29, 1.82) is 0 Å². The number of anilines is 2. The third-order valence-electron chi connectivity index (χ3n) is 4.95. The summed E-state index contributed by atoms with van der Waals surface area (Å²) in [6, 6.07) is 14.3. The van der Waals surface area contributed by atoms with Gasteiger partial charge in [0, 0.05) is 30.0 Å². The predicted octanol–water partition coefficient (Wildman–Crippen LogP) is 3.62. The van der Waals surface area contributed by atoms with Crippen LogP contribution < -0.4 is 15.4 Å². The van der Waals surface area contributed by atoms with E-state index in [2.05, 4.69) is 17.6 Å². The summed E-state index contributed by atoms with van der Waals surface area (Å²) in [5.41, 5.74) is 2.08. The summed E-state index contributed by atoms with van der Waals surface area (Å²) < 4.78 is 5.11. The predicted molar refractivity (Wildman–Crippen MR) is 111 cm³/mol. The van der Waals surface area contributed by atoms with Crippen LogP contribution in [0.15, 0.2) is 48.5 Å². The fraction of sp³-hybridized carbons (Fsp3) is 0.364. The van der Waals surface area contributed by atoms with Gasteiger partial charge in [-0.15, -0.1) is 0 Å². The molecule has 2 N–H and O–H groups in total. The van der Waals surface area contributed by atoms with Crippen molar-refractivity contribution < 1.29 is 14.3 Å². The van der Waals surface area contributed by atoms with E-state index in [0.717, 1.165) is 30.9 Å². The Morgan fingerprint density at radius 1 is 1.07 bits per heavy atom. The van der Waals surface area contributed by atoms with Crippen LogP contribution in [0.4, 0.5) is 11.4 Å². The number of nitrogens with one attached hydrogen (secondary N) is 2. The molecule has 6 nitrogen and oxygen atoms in total. The second-order valence-corrected chi connectivity index (χ2v) is 7.20. The van der Waals surface area contributed by atoms with E-state index in [4.69, 9.17) is 4.74 Å². The lowest BCUT2D eigenvalue weighted by Crippen LogP contribution is -2.41. The van der Waals surface area contributed by atoms with Crippen molar-refractivity contribution in [2.75, 3.05) is 37.4 Å². The second-order valence-electron chi connectivity index (χ2n) is 7.20. The van der Waals surface area contributed by atoms with E-state index in [1.165, 1.54) is 6.42 Å². The quantitative estimate of drug-likeness (QED) is 0.802. The first-order valence-corrected chi connectivity index (χ1v) is 9.62. The third kappa shape index (κ3) is 5.25. The number of rotatable bonds is 6. The van der Waals surface area contributed by atoms with E-state index in [0.29, 0.717) is 17.2 Å². The second kappa shape index (κ2) is 9.26. The SMILES string of the molecule is COc1ccc(NC(=O)c2ccc(NCC(=O)N3CCCC(C)C3)cc2)cc1. The van der Waals surface area contributed by atoms with E-state index in [1.54, 1.807) is 43.5 Å². The maximum Gasteiger partial charge on any atom is 0.255 e. The molecule has 0 radical (unpaired) electrons. The van der Waals surface area contributed by atoms with Crippen molar-refractivity contribution in [3.63, 3.8) is 0 Å². The normalized spacial score (nSPS) is 16.4. The number of carbonyl (C=O) groups is 2. The minimum absolute atomic E-state index is 0.118. The van der Waals surface area contributed by atoms with Gasteiger partial charge in [0.1, 0.15) is 5.75 Å². The molecule has 2 aromatic rings. The first-order chi connectivity index (χ1) is 13.5. The van der Waals surface area contributed by atoms with Crippen LogP contribution in [0.2, 0.25) is 0 Å². The minimum Gasteiger partial charge on any atom is -0.497 e. The molecule has 1 aliphatic rings. The molecule has 1 unspecified atom stereocenters. The van der Waals surface area contributed by atoms with E-state index in [-0.39, 0.29) is 18.4 Å². The topological polar surface area (TPSA) is 70.7 Å². The van der Waals surface area contributed by atoms with Crippen LogP contribution in [0.3, 0.4) is 0 Å². The van der Waals surface area contributed by atoms with Gasteiger partial charge < -0.3 is 20.3 Å². The van der Waals surface area contributed by atoms with Gasteiger partial charge in [0.15, 0.2) is 0 Å².